The zero-order chi connectivity index (χ0) is 64.8. The Morgan fingerprint density at radius 2 is 0.685 bits per heavy atom. The fourth-order valence-electron chi connectivity index (χ4n) is 11.7. The van der Waals surface area contributed by atoms with Crippen LogP contribution in [0.25, 0.3) is 0 Å². The van der Waals surface area contributed by atoms with Gasteiger partial charge in [-0.2, -0.15) is 0 Å². The van der Waals surface area contributed by atoms with Crippen molar-refractivity contribution in [2.24, 2.45) is 0 Å². The van der Waals surface area contributed by atoms with Crippen molar-refractivity contribution in [3.05, 3.63) is 72.9 Å². The van der Waals surface area contributed by atoms with Gasteiger partial charge in [0.1, 0.15) is 13.2 Å². The third kappa shape index (κ3) is 73.2. The maximum atomic E-state index is 13.1. The maximum Gasteiger partial charge on any atom is 0.472 e. The van der Waals surface area contributed by atoms with Crippen molar-refractivity contribution in [3.63, 3.8) is 0 Å². The van der Waals surface area contributed by atoms with E-state index in [4.69, 9.17) is 9.05 Å². The molecule has 0 rings (SSSR count). The smallest absolute Gasteiger partial charge is 0.387 e. The Bertz CT molecular complexity index is 1680. The first-order valence-corrected chi connectivity index (χ1v) is 40.3. The molecule has 522 valence electrons. The van der Waals surface area contributed by atoms with Crippen LogP contribution in [-0.2, 0) is 18.4 Å². The van der Waals surface area contributed by atoms with Crippen LogP contribution in [-0.4, -0.2) is 73.4 Å². The molecule has 0 spiro atoms. The molecule has 0 fully saturated rings. The molecular weight excluding hydrogens is 1120 g/mol. The van der Waals surface area contributed by atoms with Gasteiger partial charge < -0.3 is 19.8 Å². The van der Waals surface area contributed by atoms with E-state index in [2.05, 4.69) is 79.9 Å². The van der Waals surface area contributed by atoms with Crippen LogP contribution in [0.5, 0.6) is 0 Å². The molecule has 0 heterocycles. The first kappa shape index (κ1) is 86.9. The fraction of sp³-hybridized carbons (Fsp3) is 0.838. The van der Waals surface area contributed by atoms with Crippen LogP contribution < -0.4 is 5.32 Å². The summed E-state index contributed by atoms with van der Waals surface area (Å²) < 4.78 is 23.8. The Balaban J connectivity index is 3.94. The number of phosphoric acid groups is 1. The number of hydrogen-bond acceptors (Lipinski definition) is 5. The van der Waals surface area contributed by atoms with Gasteiger partial charge in [0.2, 0.25) is 5.91 Å². The molecule has 0 radical (unpaired) electrons. The van der Waals surface area contributed by atoms with E-state index >= 15 is 0 Å². The van der Waals surface area contributed by atoms with E-state index in [1.807, 2.05) is 27.2 Å². The van der Waals surface area contributed by atoms with E-state index < -0.39 is 20.0 Å². The Labute approximate surface area is 554 Å². The Kier molecular flexibility index (Phi) is 68.6. The second-order valence-electron chi connectivity index (χ2n) is 27.7. The zero-order valence-electron chi connectivity index (χ0n) is 59.9. The summed E-state index contributed by atoms with van der Waals surface area (Å²) in [6.07, 6.45) is 99.6. The number of nitrogens with one attached hydrogen (secondary N) is 1. The number of rotatable bonds is 72. The molecule has 1 amide bonds. The van der Waals surface area contributed by atoms with Crippen molar-refractivity contribution in [1.29, 1.82) is 0 Å². The van der Waals surface area contributed by atoms with Gasteiger partial charge in [-0.3, -0.25) is 13.8 Å². The second kappa shape index (κ2) is 70.3. The largest absolute Gasteiger partial charge is 0.472 e. The highest BCUT2D eigenvalue weighted by molar-refractivity contribution is 7.47. The molecule has 0 aromatic carbocycles. The molecule has 8 nitrogen and oxygen atoms in total. The van der Waals surface area contributed by atoms with Crippen LogP contribution in [0.4, 0.5) is 0 Å². The zero-order valence-corrected chi connectivity index (χ0v) is 60.8. The molecular formula is C80H152N2O6P+. The minimum absolute atomic E-state index is 0.0571. The number of allylic oxidation sites excluding steroid dienone is 11. The number of aliphatic hydroxyl groups excluding tert-OH is 1. The van der Waals surface area contributed by atoms with E-state index in [-0.39, 0.29) is 19.1 Å². The predicted molar refractivity (Wildman–Crippen MR) is 392 cm³/mol. The summed E-state index contributed by atoms with van der Waals surface area (Å²) in [6.45, 7) is 4.74. The third-order valence-electron chi connectivity index (χ3n) is 17.7. The lowest BCUT2D eigenvalue weighted by Gasteiger charge is -2.25. The van der Waals surface area contributed by atoms with E-state index in [1.165, 1.54) is 295 Å². The number of amides is 1. The summed E-state index contributed by atoms with van der Waals surface area (Å²) in [5.41, 5.74) is 0. The van der Waals surface area contributed by atoms with Crippen molar-refractivity contribution >= 4 is 13.7 Å². The topological polar surface area (TPSA) is 105 Å². The lowest BCUT2D eigenvalue weighted by atomic mass is 10.0. The van der Waals surface area contributed by atoms with Gasteiger partial charge in [0.15, 0.2) is 0 Å². The first-order chi connectivity index (χ1) is 43.5. The van der Waals surface area contributed by atoms with E-state index in [0.29, 0.717) is 17.4 Å². The molecule has 0 aliphatic rings. The van der Waals surface area contributed by atoms with Crippen molar-refractivity contribution in [2.45, 2.75) is 392 Å². The standard InChI is InChI=1S/C80H151N2O6P/c1-6-8-10-12-14-16-18-20-22-24-26-28-30-32-34-35-36-37-38-39-40-41-42-43-44-45-46-47-48-50-52-54-56-58-60-62-64-66-68-70-72-74-80(84)81-78(77-88-89(85,86)87-76-75-82(3,4)5)79(83)73-71-69-67-65-63-61-59-57-55-53-51-49-33-31-29-27-25-23-21-19-17-15-13-11-9-7-2/h8,10,14,16,20,22,26,28,63,65,71,73,78-79,83H,6-7,9,11-13,15,17-19,21,23-25,27,29-62,64,66-70,72,74-77H2,1-5H3,(H-,81,84,85,86)/p+1/b10-8-,16-14-,22-20-,28-26-,65-63+,73-71+. The number of carbonyl (C=O) groups is 1. The molecule has 3 N–H and O–H groups in total. The van der Waals surface area contributed by atoms with E-state index in [0.717, 1.165) is 64.2 Å². The summed E-state index contributed by atoms with van der Waals surface area (Å²) in [4.78, 5) is 23.5. The highest BCUT2D eigenvalue weighted by Crippen LogP contribution is 2.43. The highest BCUT2D eigenvalue weighted by Gasteiger charge is 2.28. The Morgan fingerprint density at radius 1 is 0.393 bits per heavy atom. The molecule has 0 aromatic heterocycles. The minimum Gasteiger partial charge on any atom is -0.387 e. The number of phosphoric ester groups is 1. The lowest BCUT2D eigenvalue weighted by Crippen LogP contribution is -2.45. The predicted octanol–water partition coefficient (Wildman–Crippen LogP) is 25.3. The number of likely N-dealkylation sites (N-methyl/N-ethyl adjacent to an activating group) is 1. The van der Waals surface area contributed by atoms with Crippen molar-refractivity contribution in [3.8, 4) is 0 Å². The minimum atomic E-state index is -4.36. The van der Waals surface area contributed by atoms with Gasteiger partial charge in [0.25, 0.3) is 0 Å². The number of hydrogen-bond donors (Lipinski definition) is 3. The molecule has 0 bridgehead atoms. The Hall–Kier alpha value is -2.06. The van der Waals surface area contributed by atoms with Gasteiger partial charge in [-0.05, 0) is 70.6 Å². The Morgan fingerprint density at radius 3 is 1.03 bits per heavy atom. The summed E-state index contributed by atoms with van der Waals surface area (Å²) >= 11 is 0. The summed E-state index contributed by atoms with van der Waals surface area (Å²) in [5, 5.41) is 14.0. The number of nitrogens with zero attached hydrogens (tertiary/aromatic N) is 1. The monoisotopic (exact) mass is 1270 g/mol. The average Bonchev–Trinajstić information content (AvgIpc) is 3.61. The SMILES string of the molecule is CC/C=C\C/C=C\C/C=C\C/C=C\CCCCCCCCCCCCCCCCCCCCCCCCCCCCCCC(=O)NC(COP(=O)(O)OCC[N+](C)(C)C)C(O)/C=C/CC/C=C/CCCCCCCCCCCCCCCCCCCCCC. The average molecular weight is 1270 g/mol. The molecule has 0 saturated heterocycles. The van der Waals surface area contributed by atoms with Crippen molar-refractivity contribution in [1.82, 2.24) is 5.32 Å². The number of carbonyl (C=O) groups excluding carboxylic acids is 1. The fourth-order valence-corrected chi connectivity index (χ4v) is 12.4. The van der Waals surface area contributed by atoms with Crippen LogP contribution in [0.2, 0.25) is 0 Å². The van der Waals surface area contributed by atoms with Gasteiger partial charge in [-0.25, -0.2) is 4.57 Å². The molecule has 0 aromatic rings. The van der Waals surface area contributed by atoms with Gasteiger partial charge in [-0.15, -0.1) is 0 Å². The van der Waals surface area contributed by atoms with Gasteiger partial charge >= 0.3 is 7.82 Å². The van der Waals surface area contributed by atoms with E-state index in [1.54, 1.807) is 6.08 Å². The highest BCUT2D eigenvalue weighted by atomic mass is 31.2. The molecule has 0 aliphatic heterocycles. The van der Waals surface area contributed by atoms with Crippen LogP contribution in [0.1, 0.15) is 380 Å². The summed E-state index contributed by atoms with van der Waals surface area (Å²) in [5.74, 6) is -0.179. The number of aliphatic hydroxyl groups is 1. The number of unbranched alkanes of at least 4 members (excludes halogenated alkanes) is 49. The summed E-state index contributed by atoms with van der Waals surface area (Å²) in [7, 11) is 1.57. The normalized spacial score (nSPS) is 13.9. The van der Waals surface area contributed by atoms with Crippen molar-refractivity contribution in [2.75, 3.05) is 40.9 Å². The van der Waals surface area contributed by atoms with Crippen LogP contribution >= 0.6 is 7.82 Å². The summed E-state index contributed by atoms with van der Waals surface area (Å²) in [6, 6.07) is -0.865. The molecule has 9 heteroatoms. The van der Waals surface area contributed by atoms with Crippen LogP contribution in [0.3, 0.4) is 0 Å². The van der Waals surface area contributed by atoms with Crippen molar-refractivity contribution < 1.29 is 32.9 Å². The first-order valence-electron chi connectivity index (χ1n) is 38.8. The second-order valence-corrected chi connectivity index (χ2v) is 29.2. The van der Waals surface area contributed by atoms with Crippen LogP contribution in [0, 0.1) is 0 Å². The molecule has 3 unspecified atom stereocenters. The molecule has 89 heavy (non-hydrogen) atoms. The maximum absolute atomic E-state index is 13.1. The van der Waals surface area contributed by atoms with Crippen LogP contribution in [0.15, 0.2) is 72.9 Å². The van der Waals surface area contributed by atoms with Gasteiger partial charge in [0, 0.05) is 6.42 Å². The van der Waals surface area contributed by atoms with E-state index in [9.17, 15) is 19.4 Å². The molecule has 3 atom stereocenters. The number of quaternary nitrogens is 1. The molecule has 0 aliphatic carbocycles. The van der Waals surface area contributed by atoms with Gasteiger partial charge in [-0.1, -0.05) is 376 Å². The quantitative estimate of drug-likeness (QED) is 0.0243. The molecule has 0 saturated carbocycles. The third-order valence-corrected chi connectivity index (χ3v) is 18.6. The van der Waals surface area contributed by atoms with Gasteiger partial charge in [0.05, 0.1) is 39.9 Å². The lowest BCUT2D eigenvalue weighted by molar-refractivity contribution is -0.870.